The van der Waals surface area contributed by atoms with Crippen molar-refractivity contribution in [1.29, 1.82) is 0 Å². The van der Waals surface area contributed by atoms with Crippen LogP contribution in [-0.2, 0) is 17.8 Å². The minimum Gasteiger partial charge on any atom is -0.330 e. The number of aromatic nitrogens is 2. The van der Waals surface area contributed by atoms with Crippen molar-refractivity contribution in [2.24, 2.45) is 5.92 Å². The van der Waals surface area contributed by atoms with Gasteiger partial charge in [-0.25, -0.2) is 4.98 Å². The highest BCUT2D eigenvalue weighted by Gasteiger charge is 2.25. The molecule has 1 atom stereocenters. The average molecular weight is 257 g/mol. The molecular weight excluding hydrogens is 244 g/mol. The van der Waals surface area contributed by atoms with Crippen LogP contribution < -0.4 is 0 Å². The maximum absolute atomic E-state index is 11.3. The Hall–Kier alpha value is -0.640. The molecule has 0 spiro atoms. The average Bonchev–Trinajstić information content (AvgIpc) is 2.42. The Morgan fingerprint density at radius 1 is 1.64 bits per heavy atom. The Morgan fingerprint density at radius 3 is 3.00 bits per heavy atom. The fraction of sp³-hybridized carbons (Fsp3) is 0.600. The number of carbonyl (C=O) groups excluding carboxylic acids is 1. The Morgan fingerprint density at radius 2 is 2.36 bits per heavy atom. The van der Waals surface area contributed by atoms with Crippen molar-refractivity contribution in [3.8, 4) is 0 Å². The summed E-state index contributed by atoms with van der Waals surface area (Å²) in [5, 5.41) is 0. The highest BCUT2D eigenvalue weighted by molar-refractivity contribution is 9.10. The van der Waals surface area contributed by atoms with Crippen LogP contribution >= 0.6 is 15.9 Å². The number of imidazole rings is 1. The van der Waals surface area contributed by atoms with Gasteiger partial charge < -0.3 is 4.57 Å². The van der Waals surface area contributed by atoms with E-state index < -0.39 is 0 Å². The molecule has 4 heteroatoms. The Balaban J connectivity index is 2.34. The van der Waals surface area contributed by atoms with Gasteiger partial charge in [0.15, 0.2) is 0 Å². The summed E-state index contributed by atoms with van der Waals surface area (Å²) in [5.41, 5.74) is 1.24. The zero-order valence-corrected chi connectivity index (χ0v) is 9.97. The second kappa shape index (κ2) is 3.50. The van der Waals surface area contributed by atoms with Gasteiger partial charge >= 0.3 is 0 Å². The third-order valence-corrected chi connectivity index (χ3v) is 3.56. The smallest absolute Gasteiger partial charge is 0.134 e. The second-order valence-electron chi connectivity index (χ2n) is 3.85. The predicted octanol–water partition coefficient (Wildman–Crippen LogP) is 2.11. The molecule has 0 bridgehead atoms. The third kappa shape index (κ3) is 1.52. The quantitative estimate of drug-likeness (QED) is 0.772. The highest BCUT2D eigenvalue weighted by Crippen LogP contribution is 2.27. The van der Waals surface area contributed by atoms with Gasteiger partial charge in [-0.15, -0.1) is 0 Å². The van der Waals surface area contributed by atoms with E-state index in [0.29, 0.717) is 5.78 Å². The number of hydrogen-bond acceptors (Lipinski definition) is 2. The van der Waals surface area contributed by atoms with Gasteiger partial charge in [-0.05, 0) is 42.6 Å². The Bertz CT molecular complexity index is 384. The number of fused-ring (bicyclic) bond motifs is 1. The number of hydrogen-bond donors (Lipinski definition) is 0. The van der Waals surface area contributed by atoms with Gasteiger partial charge in [-0.1, -0.05) is 0 Å². The lowest BCUT2D eigenvalue weighted by Crippen LogP contribution is -2.25. The molecule has 2 heterocycles. The molecule has 1 aliphatic heterocycles. The molecule has 0 N–H and O–H groups in total. The van der Waals surface area contributed by atoms with E-state index in [9.17, 15) is 4.79 Å². The number of ketones is 1. The van der Waals surface area contributed by atoms with E-state index in [1.54, 1.807) is 6.92 Å². The van der Waals surface area contributed by atoms with Gasteiger partial charge in [-0.3, -0.25) is 4.79 Å². The molecule has 1 unspecified atom stereocenters. The van der Waals surface area contributed by atoms with Gasteiger partial charge in [0.2, 0.25) is 0 Å². The Labute approximate surface area is 91.6 Å². The van der Waals surface area contributed by atoms with Crippen molar-refractivity contribution in [3.63, 3.8) is 0 Å². The minimum absolute atomic E-state index is 0.183. The van der Waals surface area contributed by atoms with E-state index in [-0.39, 0.29) is 5.92 Å². The van der Waals surface area contributed by atoms with Gasteiger partial charge in [0, 0.05) is 12.5 Å². The third-order valence-electron chi connectivity index (χ3n) is 2.92. The summed E-state index contributed by atoms with van der Waals surface area (Å²) in [7, 11) is 0. The number of carbonyl (C=O) groups is 1. The first-order chi connectivity index (χ1) is 6.59. The maximum atomic E-state index is 11.3. The van der Waals surface area contributed by atoms with E-state index >= 15 is 0 Å². The van der Waals surface area contributed by atoms with Crippen molar-refractivity contribution >= 4 is 21.7 Å². The molecule has 0 aliphatic carbocycles. The van der Waals surface area contributed by atoms with Crippen LogP contribution in [0.2, 0.25) is 0 Å². The van der Waals surface area contributed by atoms with E-state index in [1.807, 2.05) is 6.92 Å². The summed E-state index contributed by atoms with van der Waals surface area (Å²) >= 11 is 3.44. The summed E-state index contributed by atoms with van der Waals surface area (Å²) in [4.78, 5) is 15.6. The van der Waals surface area contributed by atoms with Gasteiger partial charge in [0.05, 0.1) is 5.69 Å². The lowest BCUT2D eigenvalue weighted by atomic mass is 9.95. The molecule has 0 amide bonds. The normalized spacial score (nSPS) is 20.6. The largest absolute Gasteiger partial charge is 0.330 e. The van der Waals surface area contributed by atoms with Crippen LogP contribution in [0.25, 0.3) is 0 Å². The molecule has 0 fully saturated rings. The number of rotatable bonds is 1. The van der Waals surface area contributed by atoms with Crippen molar-refractivity contribution in [1.82, 2.24) is 9.55 Å². The van der Waals surface area contributed by atoms with Crippen molar-refractivity contribution in [2.75, 3.05) is 0 Å². The molecule has 1 aromatic rings. The zero-order chi connectivity index (χ0) is 10.3. The van der Waals surface area contributed by atoms with E-state index in [1.165, 1.54) is 5.69 Å². The monoisotopic (exact) mass is 256 g/mol. The second-order valence-corrected chi connectivity index (χ2v) is 4.60. The van der Waals surface area contributed by atoms with Crippen molar-refractivity contribution in [2.45, 2.75) is 33.2 Å². The number of halogens is 1. The molecule has 0 saturated carbocycles. The molecule has 14 heavy (non-hydrogen) atoms. The van der Waals surface area contributed by atoms with Crippen LogP contribution in [0.5, 0.6) is 0 Å². The molecule has 76 valence electrons. The molecule has 1 aromatic heterocycles. The van der Waals surface area contributed by atoms with E-state index in [2.05, 4.69) is 25.5 Å². The summed E-state index contributed by atoms with van der Waals surface area (Å²) < 4.78 is 3.09. The van der Waals surface area contributed by atoms with Crippen LogP contribution in [0, 0.1) is 12.8 Å². The fourth-order valence-electron chi connectivity index (χ4n) is 2.01. The van der Waals surface area contributed by atoms with Crippen molar-refractivity contribution < 1.29 is 4.79 Å². The maximum Gasteiger partial charge on any atom is 0.134 e. The Kier molecular flexibility index (Phi) is 2.47. The zero-order valence-electron chi connectivity index (χ0n) is 8.38. The molecule has 1 aliphatic rings. The van der Waals surface area contributed by atoms with Crippen LogP contribution in [-0.4, -0.2) is 15.3 Å². The van der Waals surface area contributed by atoms with Crippen LogP contribution in [0.15, 0.2) is 4.60 Å². The van der Waals surface area contributed by atoms with Crippen LogP contribution in [0.3, 0.4) is 0 Å². The van der Waals surface area contributed by atoms with Crippen LogP contribution in [0.1, 0.15) is 24.9 Å². The summed E-state index contributed by atoms with van der Waals surface area (Å²) in [6.45, 7) is 4.46. The molecular formula is C10H13BrN2O. The molecule has 0 saturated heterocycles. The first kappa shape index (κ1) is 9.90. The first-order valence-corrected chi connectivity index (χ1v) is 5.61. The van der Waals surface area contributed by atoms with Crippen LogP contribution in [0.4, 0.5) is 0 Å². The lowest BCUT2D eigenvalue weighted by molar-refractivity contribution is -0.121. The van der Waals surface area contributed by atoms with E-state index in [0.717, 1.165) is 29.8 Å². The minimum atomic E-state index is 0.183. The summed E-state index contributed by atoms with van der Waals surface area (Å²) in [5.74, 6) is 1.47. The number of Topliss-reactive ketones (excluding diaryl/α,β-unsaturated/α-hetero) is 1. The standard InChI is InChI=1S/C10H13BrN2O/c1-6(14)8-3-4-9-10(11)12-7(2)13(9)5-8/h8H,3-5H2,1-2H3. The molecule has 0 aromatic carbocycles. The van der Waals surface area contributed by atoms with Gasteiger partial charge in [0.1, 0.15) is 16.2 Å². The predicted molar refractivity (Wildman–Crippen MR) is 57.2 cm³/mol. The lowest BCUT2D eigenvalue weighted by Gasteiger charge is -2.23. The SMILES string of the molecule is CC(=O)C1CCc2c(Br)nc(C)n2C1. The molecule has 2 rings (SSSR count). The van der Waals surface area contributed by atoms with Gasteiger partial charge in [-0.2, -0.15) is 0 Å². The molecule has 0 radical (unpaired) electrons. The highest BCUT2D eigenvalue weighted by atomic mass is 79.9. The number of nitrogens with zero attached hydrogens (tertiary/aromatic N) is 2. The molecule has 3 nitrogen and oxygen atoms in total. The topological polar surface area (TPSA) is 34.9 Å². The summed E-state index contributed by atoms with van der Waals surface area (Å²) in [6, 6.07) is 0. The fourth-order valence-corrected chi connectivity index (χ4v) is 2.68. The first-order valence-electron chi connectivity index (χ1n) is 4.81. The number of aryl methyl sites for hydroxylation is 1. The summed E-state index contributed by atoms with van der Waals surface area (Å²) in [6.07, 6.45) is 1.91. The van der Waals surface area contributed by atoms with Gasteiger partial charge in [0.25, 0.3) is 0 Å². The van der Waals surface area contributed by atoms with E-state index in [4.69, 9.17) is 0 Å². The van der Waals surface area contributed by atoms with Crippen molar-refractivity contribution in [3.05, 3.63) is 16.1 Å².